The topological polar surface area (TPSA) is 50.1 Å². The third-order valence-electron chi connectivity index (χ3n) is 3.21. The molecule has 1 aromatic rings. The van der Waals surface area contributed by atoms with Crippen molar-refractivity contribution >= 4 is 0 Å². The summed E-state index contributed by atoms with van der Waals surface area (Å²) in [5.74, 6) is 0.586. The highest BCUT2D eigenvalue weighted by molar-refractivity contribution is 4.99. The van der Waals surface area contributed by atoms with E-state index in [-0.39, 0.29) is 0 Å². The Morgan fingerprint density at radius 1 is 1.33 bits per heavy atom. The van der Waals surface area contributed by atoms with Gasteiger partial charge in [-0.25, -0.2) is 0 Å². The minimum Gasteiger partial charge on any atom is -0.396 e. The molecule has 4 nitrogen and oxygen atoms in total. The van der Waals surface area contributed by atoms with Crippen molar-refractivity contribution in [1.82, 2.24) is 15.1 Å². The fraction of sp³-hybridized carbons (Fsp3) is 0.786. The van der Waals surface area contributed by atoms with E-state index in [1.54, 1.807) is 0 Å². The predicted octanol–water partition coefficient (Wildman–Crippen LogP) is 2.18. The normalized spacial score (nSPS) is 12.8. The number of aromatic nitrogens is 2. The molecule has 0 aliphatic carbocycles. The van der Waals surface area contributed by atoms with Gasteiger partial charge in [0.25, 0.3) is 0 Å². The van der Waals surface area contributed by atoms with Crippen LogP contribution < -0.4 is 5.32 Å². The first-order valence-corrected chi connectivity index (χ1v) is 7.14. The van der Waals surface area contributed by atoms with E-state index in [1.807, 2.05) is 6.20 Å². The number of nitrogens with one attached hydrogen (secondary N) is 1. The van der Waals surface area contributed by atoms with Gasteiger partial charge in [0.1, 0.15) is 0 Å². The number of hydrogen-bond donors (Lipinski definition) is 2. The van der Waals surface area contributed by atoms with Crippen molar-refractivity contribution in [3.8, 4) is 0 Å². The van der Waals surface area contributed by atoms with Crippen molar-refractivity contribution in [2.24, 2.45) is 5.92 Å². The monoisotopic (exact) mass is 253 g/mol. The van der Waals surface area contributed by atoms with E-state index in [9.17, 15) is 0 Å². The van der Waals surface area contributed by atoms with Crippen molar-refractivity contribution in [3.05, 3.63) is 18.0 Å². The molecule has 4 heteroatoms. The van der Waals surface area contributed by atoms with Crippen LogP contribution in [0.4, 0.5) is 0 Å². The highest BCUT2D eigenvalue weighted by atomic mass is 16.3. The number of nitrogens with zero attached hydrogens (tertiary/aromatic N) is 2. The molecule has 1 atom stereocenters. The molecule has 0 fully saturated rings. The smallest absolute Gasteiger partial charge is 0.0522 e. The quantitative estimate of drug-likeness (QED) is 0.672. The van der Waals surface area contributed by atoms with Crippen molar-refractivity contribution < 1.29 is 5.11 Å². The summed E-state index contributed by atoms with van der Waals surface area (Å²) < 4.78 is 2.06. The zero-order chi connectivity index (χ0) is 13.2. The molecule has 2 N–H and O–H groups in total. The van der Waals surface area contributed by atoms with Crippen LogP contribution in [0.25, 0.3) is 0 Å². The second-order valence-electron chi connectivity index (χ2n) is 4.84. The molecule has 0 aliphatic heterocycles. The zero-order valence-corrected chi connectivity index (χ0v) is 11.7. The average Bonchev–Trinajstić information content (AvgIpc) is 2.78. The molecule has 1 aromatic heterocycles. The van der Waals surface area contributed by atoms with Crippen molar-refractivity contribution in [3.63, 3.8) is 0 Å². The van der Waals surface area contributed by atoms with Crippen LogP contribution >= 0.6 is 0 Å². The molecule has 1 heterocycles. The third-order valence-corrected chi connectivity index (χ3v) is 3.21. The lowest BCUT2D eigenvalue weighted by Crippen LogP contribution is -2.24. The van der Waals surface area contributed by atoms with Crippen molar-refractivity contribution in [2.75, 3.05) is 13.2 Å². The van der Waals surface area contributed by atoms with Crippen LogP contribution in [0.3, 0.4) is 0 Å². The second-order valence-corrected chi connectivity index (χ2v) is 4.84. The molecule has 104 valence electrons. The maximum Gasteiger partial charge on any atom is 0.0522 e. The SMILES string of the molecule is CCCC(CCO)CNCc1ccnn1CCC. The molecular weight excluding hydrogens is 226 g/mol. The Morgan fingerprint density at radius 2 is 2.17 bits per heavy atom. The van der Waals surface area contributed by atoms with Gasteiger partial charge in [-0.1, -0.05) is 20.3 Å². The molecule has 0 saturated heterocycles. The van der Waals surface area contributed by atoms with Gasteiger partial charge in [-0.3, -0.25) is 4.68 Å². The molecule has 1 rings (SSSR count). The lowest BCUT2D eigenvalue weighted by Gasteiger charge is -2.16. The van der Waals surface area contributed by atoms with E-state index in [4.69, 9.17) is 5.11 Å². The number of aryl methyl sites for hydroxylation is 1. The van der Waals surface area contributed by atoms with Gasteiger partial charge in [0.2, 0.25) is 0 Å². The molecule has 0 radical (unpaired) electrons. The van der Waals surface area contributed by atoms with Gasteiger partial charge < -0.3 is 10.4 Å². The third kappa shape index (κ3) is 5.19. The van der Waals surface area contributed by atoms with E-state index in [0.29, 0.717) is 12.5 Å². The summed E-state index contributed by atoms with van der Waals surface area (Å²) in [6.07, 6.45) is 6.23. The van der Waals surface area contributed by atoms with Crippen molar-refractivity contribution in [1.29, 1.82) is 0 Å². The summed E-state index contributed by atoms with van der Waals surface area (Å²) in [4.78, 5) is 0. The summed E-state index contributed by atoms with van der Waals surface area (Å²) >= 11 is 0. The Hall–Kier alpha value is -0.870. The van der Waals surface area contributed by atoms with Crippen LogP contribution in [-0.4, -0.2) is 28.0 Å². The largest absolute Gasteiger partial charge is 0.396 e. The van der Waals surface area contributed by atoms with Gasteiger partial charge in [0.05, 0.1) is 5.69 Å². The number of hydrogen-bond acceptors (Lipinski definition) is 3. The predicted molar refractivity (Wildman–Crippen MR) is 74.3 cm³/mol. The molecule has 0 amide bonds. The van der Waals surface area contributed by atoms with Crippen molar-refractivity contribution in [2.45, 2.75) is 52.6 Å². The minimum absolute atomic E-state index is 0.292. The lowest BCUT2D eigenvalue weighted by molar-refractivity contribution is 0.247. The highest BCUT2D eigenvalue weighted by Gasteiger charge is 2.07. The fourth-order valence-corrected chi connectivity index (χ4v) is 2.27. The summed E-state index contributed by atoms with van der Waals surface area (Å²) in [7, 11) is 0. The molecule has 0 aliphatic rings. The Kier molecular flexibility index (Phi) is 7.69. The number of aliphatic hydroxyl groups is 1. The van der Waals surface area contributed by atoms with E-state index in [0.717, 1.165) is 32.5 Å². The van der Waals surface area contributed by atoms with E-state index >= 15 is 0 Å². The number of rotatable bonds is 10. The van der Waals surface area contributed by atoms with Crippen LogP contribution in [0.5, 0.6) is 0 Å². The first kappa shape index (κ1) is 15.2. The highest BCUT2D eigenvalue weighted by Crippen LogP contribution is 2.10. The van der Waals surface area contributed by atoms with Gasteiger partial charge in [0.15, 0.2) is 0 Å². The zero-order valence-electron chi connectivity index (χ0n) is 11.7. The summed E-state index contributed by atoms with van der Waals surface area (Å²) in [5.41, 5.74) is 1.25. The maximum atomic E-state index is 9.02. The van der Waals surface area contributed by atoms with Gasteiger partial charge in [-0.15, -0.1) is 0 Å². The standard InChI is InChI=1S/C14H27N3O/c1-3-5-13(7-10-18)11-15-12-14-6-8-16-17(14)9-4-2/h6,8,13,15,18H,3-5,7,9-12H2,1-2H3. The Balaban J connectivity index is 2.32. The van der Waals surface area contributed by atoms with Gasteiger partial charge >= 0.3 is 0 Å². The van der Waals surface area contributed by atoms with Gasteiger partial charge in [-0.2, -0.15) is 5.10 Å². The molecule has 0 spiro atoms. The summed E-state index contributed by atoms with van der Waals surface area (Å²) in [6.45, 7) is 7.48. The Morgan fingerprint density at radius 3 is 2.83 bits per heavy atom. The molecule has 1 unspecified atom stereocenters. The van der Waals surface area contributed by atoms with Crippen LogP contribution in [0.1, 0.15) is 45.2 Å². The fourth-order valence-electron chi connectivity index (χ4n) is 2.27. The summed E-state index contributed by atoms with van der Waals surface area (Å²) in [6, 6.07) is 2.07. The Bertz CT molecular complexity index is 306. The molecule has 0 bridgehead atoms. The van der Waals surface area contributed by atoms with E-state index in [2.05, 4.69) is 35.0 Å². The molecule has 18 heavy (non-hydrogen) atoms. The molecular formula is C14H27N3O. The lowest BCUT2D eigenvalue weighted by atomic mass is 10.0. The van der Waals surface area contributed by atoms with Crippen LogP contribution in [0.2, 0.25) is 0 Å². The van der Waals surface area contributed by atoms with E-state index in [1.165, 1.54) is 18.5 Å². The first-order valence-electron chi connectivity index (χ1n) is 7.14. The second kappa shape index (κ2) is 9.11. The van der Waals surface area contributed by atoms with Crippen LogP contribution in [-0.2, 0) is 13.1 Å². The van der Waals surface area contributed by atoms with Gasteiger partial charge in [-0.05, 0) is 37.8 Å². The maximum absolute atomic E-state index is 9.02. The van der Waals surface area contributed by atoms with E-state index < -0.39 is 0 Å². The first-order chi connectivity index (χ1) is 8.81. The van der Waals surface area contributed by atoms with Crippen LogP contribution in [0, 0.1) is 5.92 Å². The summed E-state index contributed by atoms with van der Waals surface area (Å²) in [5, 5.41) is 16.8. The average molecular weight is 253 g/mol. The Labute approximate surface area is 110 Å². The minimum atomic E-state index is 0.292. The van der Waals surface area contributed by atoms with Gasteiger partial charge in [0, 0.05) is 25.9 Å². The molecule has 0 saturated carbocycles. The van der Waals surface area contributed by atoms with Crippen LogP contribution in [0.15, 0.2) is 12.3 Å². The molecule has 0 aromatic carbocycles. The number of aliphatic hydroxyl groups excluding tert-OH is 1.